The number of H-pyrrole nitrogens is 1. The van der Waals surface area contributed by atoms with Crippen molar-refractivity contribution in [2.24, 2.45) is 0 Å². The Hall–Kier alpha value is -2.46. The van der Waals surface area contributed by atoms with E-state index in [0.29, 0.717) is 27.4 Å². The average Bonchev–Trinajstić information content (AvgIpc) is 2.90. The molecule has 2 N–H and O–H groups in total. The minimum absolute atomic E-state index is 0.0750. The van der Waals surface area contributed by atoms with Crippen LogP contribution in [-0.2, 0) is 0 Å². The molecule has 2 aromatic carbocycles. The molecule has 20 heavy (non-hydrogen) atoms. The number of carboxylic acids is 1. The van der Waals surface area contributed by atoms with Crippen LogP contribution >= 0.6 is 11.6 Å². The number of rotatable bonds is 3. The number of hydrogen-bond acceptors (Lipinski definition) is 2. The molecule has 0 aliphatic heterocycles. The zero-order valence-electron chi connectivity index (χ0n) is 10.3. The lowest BCUT2D eigenvalue weighted by atomic mass is 10.2. The maximum Gasteiger partial charge on any atom is 0.352 e. The molecule has 0 aliphatic carbocycles. The Morgan fingerprint density at radius 2 is 1.90 bits per heavy atom. The normalized spacial score (nSPS) is 10.7. The van der Waals surface area contributed by atoms with E-state index in [-0.39, 0.29) is 5.69 Å². The van der Waals surface area contributed by atoms with Crippen LogP contribution in [0.15, 0.2) is 48.5 Å². The fourth-order valence-electron chi connectivity index (χ4n) is 1.98. The Morgan fingerprint density at radius 3 is 2.60 bits per heavy atom. The Morgan fingerprint density at radius 1 is 1.15 bits per heavy atom. The van der Waals surface area contributed by atoms with Crippen molar-refractivity contribution in [3.8, 4) is 11.5 Å². The highest BCUT2D eigenvalue weighted by Gasteiger charge is 2.14. The molecule has 1 heterocycles. The number of para-hydroxylation sites is 1. The van der Waals surface area contributed by atoms with E-state index < -0.39 is 5.97 Å². The number of nitrogens with one attached hydrogen (secondary N) is 1. The molecule has 3 rings (SSSR count). The Kier molecular flexibility index (Phi) is 3.08. The van der Waals surface area contributed by atoms with Crippen LogP contribution in [0.25, 0.3) is 10.9 Å². The minimum atomic E-state index is -1.04. The molecule has 4 nitrogen and oxygen atoms in total. The highest BCUT2D eigenvalue weighted by atomic mass is 35.5. The van der Waals surface area contributed by atoms with E-state index in [9.17, 15) is 4.79 Å². The largest absolute Gasteiger partial charge is 0.477 e. The van der Waals surface area contributed by atoms with Crippen molar-refractivity contribution < 1.29 is 14.6 Å². The quantitative estimate of drug-likeness (QED) is 0.754. The fraction of sp³-hybridized carbons (Fsp3) is 0. The molecule has 0 fully saturated rings. The molecular formula is C15H10ClNO3. The van der Waals surface area contributed by atoms with Gasteiger partial charge in [-0.3, -0.25) is 0 Å². The van der Waals surface area contributed by atoms with Gasteiger partial charge in [-0.25, -0.2) is 4.79 Å². The van der Waals surface area contributed by atoms with Crippen molar-refractivity contribution in [2.45, 2.75) is 0 Å². The van der Waals surface area contributed by atoms with Gasteiger partial charge in [0.1, 0.15) is 11.4 Å². The molecule has 0 atom stereocenters. The number of carbonyl (C=O) groups is 1. The number of ether oxygens (including phenoxy) is 1. The van der Waals surface area contributed by atoms with Crippen LogP contribution < -0.4 is 4.74 Å². The lowest BCUT2D eigenvalue weighted by molar-refractivity contribution is 0.0691. The van der Waals surface area contributed by atoms with Gasteiger partial charge in [-0.05, 0) is 30.3 Å². The van der Waals surface area contributed by atoms with Crippen molar-refractivity contribution in [1.29, 1.82) is 0 Å². The van der Waals surface area contributed by atoms with Crippen molar-refractivity contribution in [3.05, 3.63) is 59.2 Å². The first-order chi connectivity index (χ1) is 9.65. The Balaban J connectivity index is 2.11. The molecule has 0 aliphatic rings. The van der Waals surface area contributed by atoms with Crippen molar-refractivity contribution in [3.63, 3.8) is 0 Å². The van der Waals surface area contributed by atoms with Crippen molar-refractivity contribution >= 4 is 28.5 Å². The van der Waals surface area contributed by atoms with E-state index in [1.807, 2.05) is 30.3 Å². The number of hydrogen-bond donors (Lipinski definition) is 2. The van der Waals surface area contributed by atoms with Gasteiger partial charge >= 0.3 is 5.97 Å². The van der Waals surface area contributed by atoms with Crippen LogP contribution in [0.2, 0.25) is 5.02 Å². The lowest BCUT2D eigenvalue weighted by Gasteiger charge is -2.07. The maximum absolute atomic E-state index is 11.0. The summed E-state index contributed by atoms with van der Waals surface area (Å²) in [4.78, 5) is 13.9. The van der Waals surface area contributed by atoms with Crippen molar-refractivity contribution in [1.82, 2.24) is 4.98 Å². The van der Waals surface area contributed by atoms with E-state index in [1.165, 1.54) is 6.07 Å². The first-order valence-corrected chi connectivity index (χ1v) is 6.30. The van der Waals surface area contributed by atoms with E-state index in [2.05, 4.69) is 4.98 Å². The first kappa shape index (κ1) is 12.6. The number of aromatic carboxylic acids is 1. The van der Waals surface area contributed by atoms with Gasteiger partial charge in [-0.2, -0.15) is 0 Å². The minimum Gasteiger partial charge on any atom is -0.477 e. The van der Waals surface area contributed by atoms with Crippen LogP contribution in [0, 0.1) is 0 Å². The number of carboxylic acid groups (broad SMARTS) is 1. The third kappa shape index (κ3) is 2.21. The second-order valence-corrected chi connectivity index (χ2v) is 4.64. The van der Waals surface area contributed by atoms with Gasteiger partial charge < -0.3 is 14.8 Å². The van der Waals surface area contributed by atoms with Gasteiger partial charge in [0.25, 0.3) is 0 Å². The van der Waals surface area contributed by atoms with Crippen LogP contribution in [0.3, 0.4) is 0 Å². The molecule has 0 amide bonds. The summed E-state index contributed by atoms with van der Waals surface area (Å²) in [6.45, 7) is 0. The summed E-state index contributed by atoms with van der Waals surface area (Å²) in [5, 5.41) is 10.1. The second-order valence-electron chi connectivity index (χ2n) is 4.24. The van der Waals surface area contributed by atoms with Crippen LogP contribution in [0.4, 0.5) is 0 Å². The van der Waals surface area contributed by atoms with Gasteiger partial charge in [-0.1, -0.05) is 29.8 Å². The molecule has 100 valence electrons. The van der Waals surface area contributed by atoms with Gasteiger partial charge in [0.15, 0.2) is 5.75 Å². The molecule has 0 spiro atoms. The smallest absolute Gasteiger partial charge is 0.352 e. The van der Waals surface area contributed by atoms with E-state index in [1.54, 1.807) is 12.1 Å². The monoisotopic (exact) mass is 287 g/mol. The van der Waals surface area contributed by atoms with E-state index in [4.69, 9.17) is 21.4 Å². The molecule has 0 bridgehead atoms. The first-order valence-electron chi connectivity index (χ1n) is 5.92. The van der Waals surface area contributed by atoms with Crippen LogP contribution in [0.5, 0.6) is 11.5 Å². The lowest BCUT2D eigenvalue weighted by Crippen LogP contribution is -1.95. The summed E-state index contributed by atoms with van der Waals surface area (Å²) >= 11 is 6.08. The molecule has 0 saturated carbocycles. The summed E-state index contributed by atoms with van der Waals surface area (Å²) < 4.78 is 5.76. The molecular weight excluding hydrogens is 278 g/mol. The van der Waals surface area contributed by atoms with Crippen molar-refractivity contribution in [2.75, 3.05) is 0 Å². The summed E-state index contributed by atoms with van der Waals surface area (Å²) in [7, 11) is 0. The molecule has 0 radical (unpaired) electrons. The fourth-order valence-corrected chi connectivity index (χ4v) is 2.19. The number of fused-ring (bicyclic) bond motifs is 1. The summed E-state index contributed by atoms with van der Waals surface area (Å²) in [5.74, 6) is 0.161. The topological polar surface area (TPSA) is 62.3 Å². The molecule has 0 saturated heterocycles. The number of benzene rings is 2. The SMILES string of the molecule is O=C(O)c1cc2c(Cl)ccc(Oc3ccccc3)c2[nH]1. The summed E-state index contributed by atoms with van der Waals surface area (Å²) in [5.41, 5.74) is 0.643. The predicted molar refractivity (Wildman–Crippen MR) is 76.8 cm³/mol. The van der Waals surface area contributed by atoms with Gasteiger partial charge in [0, 0.05) is 5.39 Å². The molecule has 5 heteroatoms. The van der Waals surface area contributed by atoms with Gasteiger partial charge in [0.2, 0.25) is 0 Å². The molecule has 0 unspecified atom stereocenters. The zero-order valence-corrected chi connectivity index (χ0v) is 11.0. The highest BCUT2D eigenvalue weighted by molar-refractivity contribution is 6.35. The number of aromatic amines is 1. The zero-order chi connectivity index (χ0) is 14.1. The summed E-state index contributed by atoms with van der Waals surface area (Å²) in [6, 6.07) is 14.1. The Bertz CT molecular complexity index is 780. The Labute approximate surface area is 119 Å². The summed E-state index contributed by atoms with van der Waals surface area (Å²) in [6.07, 6.45) is 0. The van der Waals surface area contributed by atoms with Crippen LogP contribution in [0.1, 0.15) is 10.5 Å². The van der Waals surface area contributed by atoms with Crippen LogP contribution in [-0.4, -0.2) is 16.1 Å². The maximum atomic E-state index is 11.0. The standard InChI is InChI=1S/C15H10ClNO3/c16-11-6-7-13(20-9-4-2-1-3-5-9)14-10(11)8-12(17-14)15(18)19/h1-8,17H,(H,18,19). The van der Waals surface area contributed by atoms with Gasteiger partial charge in [-0.15, -0.1) is 0 Å². The molecule has 1 aromatic heterocycles. The second kappa shape index (κ2) is 4.90. The number of halogens is 1. The van der Waals surface area contributed by atoms with Gasteiger partial charge in [0.05, 0.1) is 10.5 Å². The third-order valence-electron chi connectivity index (χ3n) is 2.90. The average molecular weight is 288 g/mol. The predicted octanol–water partition coefficient (Wildman–Crippen LogP) is 4.31. The third-order valence-corrected chi connectivity index (χ3v) is 3.23. The van der Waals surface area contributed by atoms with E-state index >= 15 is 0 Å². The number of aromatic nitrogens is 1. The van der Waals surface area contributed by atoms with E-state index in [0.717, 1.165) is 0 Å². The molecule has 3 aromatic rings. The highest BCUT2D eigenvalue weighted by Crippen LogP contribution is 2.34.